The van der Waals surface area contributed by atoms with Gasteiger partial charge in [0.05, 0.1) is 11.4 Å². The summed E-state index contributed by atoms with van der Waals surface area (Å²) < 4.78 is 0. The minimum absolute atomic E-state index is 0.305. The van der Waals surface area contributed by atoms with Gasteiger partial charge in [-0.1, -0.05) is 6.07 Å². The summed E-state index contributed by atoms with van der Waals surface area (Å²) in [5, 5.41) is 3.28. The zero-order valence-electron chi connectivity index (χ0n) is 12.1. The number of hydrogen-bond donors (Lipinski definition) is 1. The van der Waals surface area contributed by atoms with Gasteiger partial charge in [0.1, 0.15) is 11.6 Å². The lowest BCUT2D eigenvalue weighted by Gasteiger charge is -2.24. The fourth-order valence-corrected chi connectivity index (χ4v) is 2.94. The van der Waals surface area contributed by atoms with E-state index in [1.165, 1.54) is 17.7 Å². The molecule has 0 amide bonds. The summed E-state index contributed by atoms with van der Waals surface area (Å²) in [6.45, 7) is 4.90. The van der Waals surface area contributed by atoms with Crippen LogP contribution in [-0.4, -0.2) is 21.5 Å². The number of fused-ring (bicyclic) bond motifs is 1. The number of pyridine rings is 1. The van der Waals surface area contributed by atoms with Crippen molar-refractivity contribution in [3.63, 3.8) is 0 Å². The first kappa shape index (κ1) is 13.0. The lowest BCUT2D eigenvalue weighted by molar-refractivity contribution is 0.585. The molecule has 0 fully saturated rings. The number of rotatable bonds is 3. The second kappa shape index (κ2) is 5.57. The lowest BCUT2D eigenvalue weighted by Crippen LogP contribution is -2.15. The maximum Gasteiger partial charge on any atom is 0.129 e. The van der Waals surface area contributed by atoms with Crippen LogP contribution in [0.2, 0.25) is 0 Å². The van der Waals surface area contributed by atoms with Crippen LogP contribution in [0, 0.1) is 6.92 Å². The van der Waals surface area contributed by atoms with Crippen LogP contribution in [0.1, 0.15) is 48.5 Å². The van der Waals surface area contributed by atoms with Gasteiger partial charge in [-0.15, -0.1) is 0 Å². The first-order chi connectivity index (χ1) is 9.78. The van der Waals surface area contributed by atoms with Crippen molar-refractivity contribution in [1.29, 1.82) is 0 Å². The molecular formula is C16H20N4. The van der Waals surface area contributed by atoms with Crippen LogP contribution in [0.3, 0.4) is 0 Å². The van der Waals surface area contributed by atoms with E-state index in [-0.39, 0.29) is 0 Å². The van der Waals surface area contributed by atoms with Crippen molar-refractivity contribution in [3.8, 4) is 0 Å². The Hall–Kier alpha value is -1.97. The molecule has 0 aliphatic heterocycles. The van der Waals surface area contributed by atoms with Gasteiger partial charge in [-0.2, -0.15) is 0 Å². The van der Waals surface area contributed by atoms with Crippen molar-refractivity contribution in [2.75, 3.05) is 11.9 Å². The molecular weight excluding hydrogens is 248 g/mol. The largest absolute Gasteiger partial charge is 0.370 e. The molecule has 4 heteroatoms. The molecule has 2 aromatic rings. The van der Waals surface area contributed by atoms with Gasteiger partial charge in [-0.3, -0.25) is 4.98 Å². The minimum atomic E-state index is 0.305. The Bertz CT molecular complexity index is 609. The molecule has 20 heavy (non-hydrogen) atoms. The quantitative estimate of drug-likeness (QED) is 0.929. The predicted molar refractivity (Wildman–Crippen MR) is 80.0 cm³/mol. The van der Waals surface area contributed by atoms with E-state index < -0.39 is 0 Å². The second-order valence-electron chi connectivity index (χ2n) is 5.25. The maximum absolute atomic E-state index is 4.65. The normalized spacial score (nSPS) is 17.6. The van der Waals surface area contributed by atoms with Crippen molar-refractivity contribution in [2.24, 2.45) is 0 Å². The van der Waals surface area contributed by atoms with Gasteiger partial charge in [0.2, 0.25) is 0 Å². The van der Waals surface area contributed by atoms with Gasteiger partial charge < -0.3 is 5.32 Å². The third kappa shape index (κ3) is 2.50. The van der Waals surface area contributed by atoms with Gasteiger partial charge in [-0.25, -0.2) is 9.97 Å². The van der Waals surface area contributed by atoms with Crippen LogP contribution >= 0.6 is 0 Å². The highest BCUT2D eigenvalue weighted by atomic mass is 15.0. The molecule has 3 rings (SSSR count). The number of anilines is 1. The predicted octanol–water partition coefficient (Wildman–Crippen LogP) is 3.08. The average Bonchev–Trinajstić information content (AvgIpc) is 2.46. The van der Waals surface area contributed by atoms with E-state index in [1.54, 1.807) is 0 Å². The minimum Gasteiger partial charge on any atom is -0.370 e. The van der Waals surface area contributed by atoms with Crippen LogP contribution in [-0.2, 0) is 6.42 Å². The van der Waals surface area contributed by atoms with Gasteiger partial charge in [0.25, 0.3) is 0 Å². The molecule has 1 atom stereocenters. The zero-order chi connectivity index (χ0) is 13.9. The summed E-state index contributed by atoms with van der Waals surface area (Å²) in [4.78, 5) is 13.7. The molecule has 2 aromatic heterocycles. The van der Waals surface area contributed by atoms with E-state index in [2.05, 4.69) is 39.3 Å². The van der Waals surface area contributed by atoms with E-state index in [4.69, 9.17) is 0 Å². The van der Waals surface area contributed by atoms with Crippen LogP contribution < -0.4 is 5.32 Å². The summed E-state index contributed by atoms with van der Waals surface area (Å²) in [6, 6.07) is 6.29. The van der Waals surface area contributed by atoms with E-state index >= 15 is 0 Å². The van der Waals surface area contributed by atoms with E-state index in [0.29, 0.717) is 5.92 Å². The molecule has 0 aromatic carbocycles. The van der Waals surface area contributed by atoms with Gasteiger partial charge in [0.15, 0.2) is 0 Å². The van der Waals surface area contributed by atoms with E-state index in [9.17, 15) is 0 Å². The number of aromatic nitrogens is 3. The van der Waals surface area contributed by atoms with Gasteiger partial charge >= 0.3 is 0 Å². The molecule has 1 N–H and O–H groups in total. The smallest absolute Gasteiger partial charge is 0.129 e. The Labute approximate surface area is 119 Å². The third-order valence-corrected chi connectivity index (χ3v) is 3.77. The first-order valence-corrected chi connectivity index (χ1v) is 7.31. The summed E-state index contributed by atoms with van der Waals surface area (Å²) in [5.41, 5.74) is 3.65. The standard InChI is InChI=1S/C16H20N4/c1-3-17-15-10-14(19-11(2)20-15)13-8-4-6-12-7-5-9-18-16(12)13/h5,7,9-10,13H,3-4,6,8H2,1-2H3,(H,17,19,20). The maximum atomic E-state index is 4.65. The molecule has 104 valence electrons. The summed E-state index contributed by atoms with van der Waals surface area (Å²) in [5.74, 6) is 2.04. The first-order valence-electron chi connectivity index (χ1n) is 7.31. The molecule has 0 spiro atoms. The number of nitrogens with one attached hydrogen (secondary N) is 1. The second-order valence-corrected chi connectivity index (χ2v) is 5.25. The lowest BCUT2D eigenvalue weighted by atomic mass is 9.84. The van der Waals surface area contributed by atoms with E-state index in [1.807, 2.05) is 19.2 Å². The van der Waals surface area contributed by atoms with Crippen molar-refractivity contribution in [1.82, 2.24) is 15.0 Å². The van der Waals surface area contributed by atoms with Crippen molar-refractivity contribution >= 4 is 5.82 Å². The summed E-state index contributed by atoms with van der Waals surface area (Å²) in [7, 11) is 0. The van der Waals surface area contributed by atoms with Crippen LogP contribution in [0.4, 0.5) is 5.82 Å². The molecule has 0 saturated heterocycles. The Balaban J connectivity index is 2.01. The van der Waals surface area contributed by atoms with Crippen molar-refractivity contribution < 1.29 is 0 Å². The molecule has 2 heterocycles. The fourth-order valence-electron chi connectivity index (χ4n) is 2.94. The highest BCUT2D eigenvalue weighted by molar-refractivity contribution is 5.40. The summed E-state index contributed by atoms with van der Waals surface area (Å²) >= 11 is 0. The van der Waals surface area contributed by atoms with Gasteiger partial charge in [0, 0.05) is 24.7 Å². The fraction of sp³-hybridized carbons (Fsp3) is 0.438. The average molecular weight is 268 g/mol. The molecule has 1 aliphatic rings. The molecule has 0 radical (unpaired) electrons. The van der Waals surface area contributed by atoms with Crippen LogP contribution in [0.25, 0.3) is 0 Å². The highest BCUT2D eigenvalue weighted by Gasteiger charge is 2.24. The Kier molecular flexibility index (Phi) is 3.63. The number of nitrogens with zero attached hydrogens (tertiary/aromatic N) is 3. The molecule has 1 unspecified atom stereocenters. The number of aryl methyl sites for hydroxylation is 2. The van der Waals surface area contributed by atoms with Crippen molar-refractivity contribution in [3.05, 3.63) is 47.2 Å². The Morgan fingerprint density at radius 3 is 3.10 bits per heavy atom. The van der Waals surface area contributed by atoms with Crippen LogP contribution in [0.15, 0.2) is 24.4 Å². The highest BCUT2D eigenvalue weighted by Crippen LogP contribution is 2.34. The zero-order valence-corrected chi connectivity index (χ0v) is 12.1. The monoisotopic (exact) mass is 268 g/mol. The molecule has 4 nitrogen and oxygen atoms in total. The molecule has 1 aliphatic carbocycles. The van der Waals surface area contributed by atoms with Crippen LogP contribution in [0.5, 0.6) is 0 Å². The number of hydrogen-bond acceptors (Lipinski definition) is 4. The van der Waals surface area contributed by atoms with E-state index in [0.717, 1.165) is 36.7 Å². The van der Waals surface area contributed by atoms with Crippen molar-refractivity contribution in [2.45, 2.75) is 39.0 Å². The topological polar surface area (TPSA) is 50.7 Å². The SMILES string of the molecule is CCNc1cc(C2CCCc3cccnc32)nc(C)n1. The Morgan fingerprint density at radius 2 is 2.25 bits per heavy atom. The van der Waals surface area contributed by atoms with Gasteiger partial charge in [-0.05, 0) is 44.7 Å². The molecule has 0 saturated carbocycles. The third-order valence-electron chi connectivity index (χ3n) is 3.77. The summed E-state index contributed by atoms with van der Waals surface area (Å²) in [6.07, 6.45) is 5.33. The molecule has 0 bridgehead atoms. The Morgan fingerprint density at radius 1 is 1.35 bits per heavy atom.